The van der Waals surface area contributed by atoms with E-state index >= 15 is 0 Å². The van der Waals surface area contributed by atoms with Crippen molar-refractivity contribution in [2.45, 2.75) is 37.8 Å². The van der Waals surface area contributed by atoms with E-state index in [-0.39, 0.29) is 12.7 Å². The molecule has 0 bridgehead atoms. The summed E-state index contributed by atoms with van der Waals surface area (Å²) in [4.78, 5) is 17.0. The molecule has 3 N–H and O–H groups in total. The normalized spacial score (nSPS) is 16.9. The van der Waals surface area contributed by atoms with Crippen LogP contribution in [0.5, 0.6) is 0 Å². The molecule has 1 saturated carbocycles. The van der Waals surface area contributed by atoms with Crippen LogP contribution in [0.1, 0.15) is 37.3 Å². The van der Waals surface area contributed by atoms with Crippen molar-refractivity contribution in [3.05, 3.63) is 34.9 Å². The number of halogens is 1. The van der Waals surface area contributed by atoms with Crippen LogP contribution < -0.4 is 10.8 Å². The maximum atomic E-state index is 11.7. The fourth-order valence-corrected chi connectivity index (χ4v) is 2.39. The van der Waals surface area contributed by atoms with Gasteiger partial charge in [0, 0.05) is 5.02 Å². The minimum absolute atomic E-state index is 0.101. The number of aliphatic hydroxyl groups is 1. The first kappa shape index (κ1) is 15.1. The van der Waals surface area contributed by atoms with E-state index in [4.69, 9.17) is 16.4 Å². The molecular formula is C14H19ClN2O3. The molecule has 1 unspecified atom stereocenters. The summed E-state index contributed by atoms with van der Waals surface area (Å²) >= 11 is 5.81. The van der Waals surface area contributed by atoms with Crippen molar-refractivity contribution in [3.8, 4) is 0 Å². The highest BCUT2D eigenvalue weighted by Crippen LogP contribution is 2.20. The van der Waals surface area contributed by atoms with E-state index in [0.717, 1.165) is 31.2 Å². The molecule has 5 nitrogen and oxygen atoms in total. The number of aliphatic hydroxyl groups excluding tert-OH is 1. The zero-order valence-corrected chi connectivity index (χ0v) is 11.9. The standard InChI is InChI=1S/C14H19ClN2O3/c15-11-7-5-10(6-8-11)13(9-18)16-14(19)17-20-12-3-1-2-4-12/h5-8,12-13,18H,1-4,9H2,(H2,16,17,19). The number of benzene rings is 1. The van der Waals surface area contributed by atoms with E-state index in [1.165, 1.54) is 0 Å². The minimum Gasteiger partial charge on any atom is -0.394 e. The Kier molecular flexibility index (Phi) is 5.64. The van der Waals surface area contributed by atoms with Gasteiger partial charge < -0.3 is 10.4 Å². The van der Waals surface area contributed by atoms with Gasteiger partial charge in [-0.05, 0) is 30.5 Å². The average molecular weight is 299 g/mol. The van der Waals surface area contributed by atoms with Crippen LogP contribution in [-0.2, 0) is 4.84 Å². The van der Waals surface area contributed by atoms with Crippen LogP contribution in [0.25, 0.3) is 0 Å². The molecule has 0 spiro atoms. The Balaban J connectivity index is 1.82. The maximum Gasteiger partial charge on any atom is 0.339 e. The number of hydroxylamine groups is 1. The highest BCUT2D eigenvalue weighted by Gasteiger charge is 2.18. The van der Waals surface area contributed by atoms with E-state index < -0.39 is 12.1 Å². The molecule has 20 heavy (non-hydrogen) atoms. The summed E-state index contributed by atoms with van der Waals surface area (Å²) in [7, 11) is 0. The first-order valence-corrected chi connectivity index (χ1v) is 7.15. The van der Waals surface area contributed by atoms with Crippen LogP contribution in [0, 0.1) is 0 Å². The Morgan fingerprint density at radius 2 is 2.00 bits per heavy atom. The monoisotopic (exact) mass is 298 g/mol. The van der Waals surface area contributed by atoms with Gasteiger partial charge in [-0.25, -0.2) is 10.3 Å². The predicted octanol–water partition coefficient (Wildman–Crippen LogP) is 2.55. The summed E-state index contributed by atoms with van der Waals surface area (Å²) in [6, 6.07) is 6.02. The molecule has 1 aliphatic rings. The second kappa shape index (κ2) is 7.47. The molecule has 1 fully saturated rings. The molecule has 0 saturated heterocycles. The zero-order valence-electron chi connectivity index (χ0n) is 11.1. The van der Waals surface area contributed by atoms with E-state index in [9.17, 15) is 9.90 Å². The fraction of sp³-hybridized carbons (Fsp3) is 0.500. The van der Waals surface area contributed by atoms with Gasteiger partial charge in [-0.15, -0.1) is 0 Å². The lowest BCUT2D eigenvalue weighted by molar-refractivity contribution is -0.000837. The van der Waals surface area contributed by atoms with E-state index in [1.807, 2.05) is 0 Å². The first-order valence-electron chi connectivity index (χ1n) is 6.77. The van der Waals surface area contributed by atoms with Crippen molar-refractivity contribution in [1.29, 1.82) is 0 Å². The van der Waals surface area contributed by atoms with Crippen LogP contribution in [0.4, 0.5) is 4.79 Å². The second-order valence-electron chi connectivity index (χ2n) is 4.89. The van der Waals surface area contributed by atoms with Crippen LogP contribution in [0.2, 0.25) is 5.02 Å². The smallest absolute Gasteiger partial charge is 0.339 e. The number of hydrogen-bond donors (Lipinski definition) is 3. The van der Waals surface area contributed by atoms with Gasteiger partial charge in [0.05, 0.1) is 18.8 Å². The molecule has 2 amide bonds. The summed E-state index contributed by atoms with van der Waals surface area (Å²) in [6.07, 6.45) is 4.32. The van der Waals surface area contributed by atoms with Gasteiger partial charge in [-0.2, -0.15) is 0 Å². The molecule has 2 rings (SSSR count). The van der Waals surface area contributed by atoms with Gasteiger partial charge in [0.2, 0.25) is 0 Å². The van der Waals surface area contributed by atoms with Crippen molar-refractivity contribution in [3.63, 3.8) is 0 Å². The number of carbonyl (C=O) groups excluding carboxylic acids is 1. The van der Waals surface area contributed by atoms with E-state index in [1.54, 1.807) is 24.3 Å². The van der Waals surface area contributed by atoms with Crippen LogP contribution >= 0.6 is 11.6 Å². The van der Waals surface area contributed by atoms with Crippen molar-refractivity contribution in [1.82, 2.24) is 10.8 Å². The summed E-state index contributed by atoms with van der Waals surface area (Å²) in [5.74, 6) is 0. The molecule has 6 heteroatoms. The third-order valence-electron chi connectivity index (χ3n) is 3.38. The topological polar surface area (TPSA) is 70.6 Å². The third-order valence-corrected chi connectivity index (χ3v) is 3.63. The van der Waals surface area contributed by atoms with Crippen molar-refractivity contribution in [2.75, 3.05) is 6.61 Å². The Labute approximate surface area is 123 Å². The minimum atomic E-state index is -0.487. The highest BCUT2D eigenvalue weighted by molar-refractivity contribution is 6.30. The maximum absolute atomic E-state index is 11.7. The largest absolute Gasteiger partial charge is 0.394 e. The van der Waals surface area contributed by atoms with Gasteiger partial charge in [0.1, 0.15) is 0 Å². The number of urea groups is 1. The number of hydrogen-bond acceptors (Lipinski definition) is 3. The molecular weight excluding hydrogens is 280 g/mol. The lowest BCUT2D eigenvalue weighted by atomic mass is 10.1. The molecule has 0 aromatic heterocycles. The van der Waals surface area contributed by atoms with Crippen LogP contribution in [-0.4, -0.2) is 23.8 Å². The van der Waals surface area contributed by atoms with Crippen LogP contribution in [0.3, 0.4) is 0 Å². The molecule has 0 aliphatic heterocycles. The van der Waals surface area contributed by atoms with Gasteiger partial charge in [0.25, 0.3) is 0 Å². The van der Waals surface area contributed by atoms with Gasteiger partial charge in [0.15, 0.2) is 0 Å². The van der Waals surface area contributed by atoms with Crippen molar-refractivity contribution in [2.24, 2.45) is 0 Å². The number of amides is 2. The molecule has 1 aliphatic carbocycles. The number of nitrogens with one attached hydrogen (secondary N) is 2. The number of rotatable bonds is 5. The molecule has 0 radical (unpaired) electrons. The second-order valence-corrected chi connectivity index (χ2v) is 5.32. The summed E-state index contributed by atoms with van der Waals surface area (Å²) in [6.45, 7) is -0.196. The van der Waals surface area contributed by atoms with Crippen LogP contribution in [0.15, 0.2) is 24.3 Å². The quantitative estimate of drug-likeness (QED) is 0.732. The highest BCUT2D eigenvalue weighted by atomic mass is 35.5. The lowest BCUT2D eigenvalue weighted by Crippen LogP contribution is -2.40. The van der Waals surface area contributed by atoms with Crippen molar-refractivity contribution < 1.29 is 14.7 Å². The molecule has 110 valence electrons. The SMILES string of the molecule is O=C(NOC1CCCC1)NC(CO)c1ccc(Cl)cc1. The predicted molar refractivity (Wildman–Crippen MR) is 76.3 cm³/mol. The molecule has 1 aromatic rings. The molecule has 0 heterocycles. The van der Waals surface area contributed by atoms with E-state index in [2.05, 4.69) is 10.8 Å². The Morgan fingerprint density at radius 1 is 1.35 bits per heavy atom. The Morgan fingerprint density at radius 3 is 2.60 bits per heavy atom. The summed E-state index contributed by atoms with van der Waals surface area (Å²) < 4.78 is 0. The number of carbonyl (C=O) groups is 1. The Hall–Kier alpha value is -1.30. The third kappa shape index (κ3) is 4.37. The Bertz CT molecular complexity index is 433. The summed E-state index contributed by atoms with van der Waals surface area (Å²) in [5.41, 5.74) is 3.17. The van der Waals surface area contributed by atoms with E-state index in [0.29, 0.717) is 5.02 Å². The zero-order chi connectivity index (χ0) is 14.4. The average Bonchev–Trinajstić information content (AvgIpc) is 2.97. The fourth-order valence-electron chi connectivity index (χ4n) is 2.26. The van der Waals surface area contributed by atoms with Gasteiger partial charge in [-0.3, -0.25) is 4.84 Å². The van der Waals surface area contributed by atoms with Gasteiger partial charge in [-0.1, -0.05) is 36.6 Å². The molecule has 1 aromatic carbocycles. The lowest BCUT2D eigenvalue weighted by Gasteiger charge is -2.18. The first-order chi connectivity index (χ1) is 9.69. The van der Waals surface area contributed by atoms with Crippen molar-refractivity contribution >= 4 is 17.6 Å². The molecule has 1 atom stereocenters. The summed E-state index contributed by atoms with van der Waals surface area (Å²) in [5, 5.41) is 12.6. The van der Waals surface area contributed by atoms with Gasteiger partial charge >= 0.3 is 6.03 Å².